The molecule has 10 heteroatoms. The van der Waals surface area contributed by atoms with Gasteiger partial charge in [-0.1, -0.05) is 41.9 Å². The van der Waals surface area contributed by atoms with E-state index in [4.69, 9.17) is 16.3 Å². The van der Waals surface area contributed by atoms with Gasteiger partial charge < -0.3 is 14.5 Å². The highest BCUT2D eigenvalue weighted by Gasteiger charge is 2.35. The van der Waals surface area contributed by atoms with Gasteiger partial charge >= 0.3 is 6.09 Å². The zero-order chi connectivity index (χ0) is 22.6. The van der Waals surface area contributed by atoms with Gasteiger partial charge in [-0.2, -0.15) is 8.75 Å². The molecule has 1 aliphatic heterocycles. The molecular formula is C21H28ClN5O3S. The minimum absolute atomic E-state index is 0.0978. The Morgan fingerprint density at radius 2 is 1.81 bits per heavy atom. The van der Waals surface area contributed by atoms with Gasteiger partial charge in [0.25, 0.3) is 0 Å². The molecule has 1 saturated heterocycles. The quantitative estimate of drug-likeness (QED) is 0.674. The van der Waals surface area contributed by atoms with Crippen LogP contribution in [0.1, 0.15) is 26.3 Å². The van der Waals surface area contributed by atoms with E-state index in [0.717, 1.165) is 17.3 Å². The molecule has 31 heavy (non-hydrogen) atoms. The van der Waals surface area contributed by atoms with Gasteiger partial charge in [-0.25, -0.2) is 4.79 Å². The molecule has 0 spiro atoms. The molecule has 2 amide bonds. The van der Waals surface area contributed by atoms with Crippen molar-refractivity contribution in [2.24, 2.45) is 0 Å². The summed E-state index contributed by atoms with van der Waals surface area (Å²) in [7, 11) is 1.62. The van der Waals surface area contributed by atoms with Gasteiger partial charge in [-0.05, 0) is 26.3 Å². The van der Waals surface area contributed by atoms with Crippen molar-refractivity contribution >= 4 is 41.1 Å². The maximum atomic E-state index is 13.5. The van der Waals surface area contributed by atoms with E-state index in [2.05, 4.69) is 8.75 Å². The van der Waals surface area contributed by atoms with Gasteiger partial charge in [0, 0.05) is 39.6 Å². The molecule has 0 aliphatic carbocycles. The zero-order valence-electron chi connectivity index (χ0n) is 18.2. The first-order chi connectivity index (χ1) is 14.7. The summed E-state index contributed by atoms with van der Waals surface area (Å²) in [6.07, 6.45) is -0.0990. The molecule has 1 atom stereocenters. The van der Waals surface area contributed by atoms with E-state index in [1.807, 2.05) is 56.0 Å². The number of benzene rings is 1. The molecule has 168 valence electrons. The van der Waals surface area contributed by atoms with E-state index >= 15 is 0 Å². The number of amides is 2. The second-order valence-corrected chi connectivity index (χ2v) is 9.37. The summed E-state index contributed by atoms with van der Waals surface area (Å²) >= 11 is 7.17. The number of piperazine rings is 1. The van der Waals surface area contributed by atoms with Crippen molar-refractivity contribution in [3.05, 3.63) is 41.0 Å². The Morgan fingerprint density at radius 3 is 2.35 bits per heavy atom. The van der Waals surface area contributed by atoms with Crippen LogP contribution < -0.4 is 4.90 Å². The molecule has 0 N–H and O–H groups in total. The van der Waals surface area contributed by atoms with Crippen molar-refractivity contribution in [2.75, 3.05) is 38.1 Å². The first kappa shape index (κ1) is 23.3. The normalized spacial score (nSPS) is 15.5. The number of ether oxygens (including phenoxy) is 1. The van der Waals surface area contributed by atoms with Crippen LogP contribution in [0.5, 0.6) is 0 Å². The zero-order valence-corrected chi connectivity index (χ0v) is 19.8. The lowest BCUT2D eigenvalue weighted by atomic mass is 10.0. The number of carbonyl (C=O) groups is 2. The van der Waals surface area contributed by atoms with Crippen molar-refractivity contribution < 1.29 is 14.3 Å². The number of aromatic nitrogens is 2. The molecule has 1 aromatic heterocycles. The second kappa shape index (κ2) is 9.82. The van der Waals surface area contributed by atoms with Crippen LogP contribution >= 0.6 is 23.3 Å². The van der Waals surface area contributed by atoms with Crippen LogP contribution in [0, 0.1) is 0 Å². The molecular weight excluding hydrogens is 438 g/mol. The summed E-state index contributed by atoms with van der Waals surface area (Å²) in [6.45, 7) is 7.66. The van der Waals surface area contributed by atoms with Crippen LogP contribution in [0.15, 0.2) is 30.3 Å². The predicted molar refractivity (Wildman–Crippen MR) is 122 cm³/mol. The highest BCUT2D eigenvalue weighted by atomic mass is 35.5. The van der Waals surface area contributed by atoms with Crippen LogP contribution in [-0.4, -0.2) is 75.4 Å². The number of likely N-dealkylation sites (N-methyl/N-ethyl adjacent to an activating group) is 1. The van der Waals surface area contributed by atoms with Crippen molar-refractivity contribution in [3.63, 3.8) is 0 Å². The average molecular weight is 466 g/mol. The molecule has 0 radical (unpaired) electrons. The minimum Gasteiger partial charge on any atom is -0.444 e. The first-order valence-electron chi connectivity index (χ1n) is 10.2. The maximum absolute atomic E-state index is 13.5. The molecule has 1 aliphatic rings. The number of nitrogens with zero attached hydrogens (tertiary/aromatic N) is 5. The minimum atomic E-state index is -0.659. The topological polar surface area (TPSA) is 78.9 Å². The van der Waals surface area contributed by atoms with Crippen LogP contribution in [0.2, 0.25) is 5.15 Å². The van der Waals surface area contributed by atoms with Crippen LogP contribution in [0.3, 0.4) is 0 Å². The monoisotopic (exact) mass is 465 g/mol. The standard InChI is InChI=1S/C21H28ClN5O3S/c1-21(2,3)30-20(29)25(4)16(14-15-8-6-5-7-9-15)19(28)27-12-10-26(11-13-27)18-17(22)23-31-24-18/h5-9,16H,10-14H2,1-4H3/t16-/m1/s1. The second-order valence-electron chi connectivity index (χ2n) is 8.49. The van der Waals surface area contributed by atoms with E-state index < -0.39 is 17.7 Å². The Bertz CT molecular complexity index is 894. The SMILES string of the molecule is CN(C(=O)OC(C)(C)C)[C@H](Cc1ccccc1)C(=O)N1CCN(c2nsnc2Cl)CC1. The Morgan fingerprint density at radius 1 is 1.16 bits per heavy atom. The van der Waals surface area contributed by atoms with E-state index in [1.54, 1.807) is 11.9 Å². The largest absolute Gasteiger partial charge is 0.444 e. The number of carbonyl (C=O) groups excluding carboxylic acids is 2. The number of hydrogen-bond acceptors (Lipinski definition) is 7. The number of halogens is 1. The summed E-state index contributed by atoms with van der Waals surface area (Å²) in [5.41, 5.74) is 0.341. The van der Waals surface area contributed by atoms with Gasteiger partial charge in [-0.15, -0.1) is 0 Å². The number of rotatable bonds is 5. The van der Waals surface area contributed by atoms with Gasteiger partial charge in [0.05, 0.1) is 11.7 Å². The van der Waals surface area contributed by atoms with Crippen LogP contribution in [-0.2, 0) is 16.0 Å². The third-order valence-electron chi connectivity index (χ3n) is 5.03. The summed E-state index contributed by atoms with van der Waals surface area (Å²) < 4.78 is 13.8. The Kier molecular flexibility index (Phi) is 7.38. The van der Waals surface area contributed by atoms with Gasteiger partial charge in [0.15, 0.2) is 11.0 Å². The summed E-state index contributed by atoms with van der Waals surface area (Å²) in [6, 6.07) is 9.03. The first-order valence-corrected chi connectivity index (χ1v) is 11.3. The van der Waals surface area contributed by atoms with Gasteiger partial charge in [-0.3, -0.25) is 9.69 Å². The van der Waals surface area contributed by atoms with E-state index in [1.165, 1.54) is 4.90 Å². The van der Waals surface area contributed by atoms with Crippen molar-refractivity contribution in [2.45, 2.75) is 38.8 Å². The molecule has 2 heterocycles. The summed E-state index contributed by atoms with van der Waals surface area (Å²) in [5, 5.41) is 0.386. The average Bonchev–Trinajstić information content (AvgIpc) is 3.16. The summed E-state index contributed by atoms with van der Waals surface area (Å²) in [5.74, 6) is 0.560. The van der Waals surface area contributed by atoms with Crippen LogP contribution in [0.25, 0.3) is 0 Å². The maximum Gasteiger partial charge on any atom is 0.410 e. The molecule has 2 aromatic rings. The number of anilines is 1. The molecule has 0 bridgehead atoms. The van der Waals surface area contributed by atoms with E-state index in [0.29, 0.717) is 43.6 Å². The fraction of sp³-hybridized carbons (Fsp3) is 0.524. The molecule has 3 rings (SSSR count). The highest BCUT2D eigenvalue weighted by Crippen LogP contribution is 2.24. The van der Waals surface area contributed by atoms with Crippen molar-refractivity contribution in [1.82, 2.24) is 18.5 Å². The van der Waals surface area contributed by atoms with Crippen LogP contribution in [0.4, 0.5) is 10.6 Å². The lowest BCUT2D eigenvalue weighted by Gasteiger charge is -2.38. The van der Waals surface area contributed by atoms with Gasteiger partial charge in [0.2, 0.25) is 5.91 Å². The summed E-state index contributed by atoms with van der Waals surface area (Å²) in [4.78, 5) is 31.4. The molecule has 0 saturated carbocycles. The van der Waals surface area contributed by atoms with Gasteiger partial charge in [0.1, 0.15) is 11.6 Å². The third kappa shape index (κ3) is 6.07. The predicted octanol–water partition coefficient (Wildman–Crippen LogP) is 3.32. The lowest BCUT2D eigenvalue weighted by molar-refractivity contribution is -0.136. The Balaban J connectivity index is 1.73. The Labute approximate surface area is 192 Å². The molecule has 0 unspecified atom stereocenters. The fourth-order valence-electron chi connectivity index (χ4n) is 3.40. The van der Waals surface area contributed by atoms with E-state index in [-0.39, 0.29) is 5.91 Å². The molecule has 1 aromatic carbocycles. The smallest absolute Gasteiger partial charge is 0.410 e. The Hall–Kier alpha value is -2.39. The number of hydrogen-bond donors (Lipinski definition) is 0. The van der Waals surface area contributed by atoms with Crippen molar-refractivity contribution in [3.8, 4) is 0 Å². The molecule has 1 fully saturated rings. The highest BCUT2D eigenvalue weighted by molar-refractivity contribution is 6.99. The molecule has 8 nitrogen and oxygen atoms in total. The fourth-order valence-corrected chi connectivity index (χ4v) is 4.18. The van der Waals surface area contributed by atoms with Crippen molar-refractivity contribution in [1.29, 1.82) is 0 Å². The third-order valence-corrected chi connectivity index (χ3v) is 5.90. The van der Waals surface area contributed by atoms with E-state index in [9.17, 15) is 9.59 Å². The lowest BCUT2D eigenvalue weighted by Crippen LogP contribution is -2.56.